The average Bonchev–Trinajstić information content (AvgIpc) is 2.60. The zero-order chi connectivity index (χ0) is 18.7. The number of halogens is 1. The third-order valence-corrected chi connectivity index (χ3v) is 4.62. The van der Waals surface area contributed by atoms with Gasteiger partial charge in [-0.25, -0.2) is 9.18 Å². The van der Waals surface area contributed by atoms with Crippen molar-refractivity contribution in [2.75, 3.05) is 24.6 Å². The second kappa shape index (κ2) is 7.68. The van der Waals surface area contributed by atoms with Crippen molar-refractivity contribution in [2.24, 2.45) is 11.7 Å². The van der Waals surface area contributed by atoms with Gasteiger partial charge in [0.25, 0.3) is 0 Å². The Balaban J connectivity index is 2.08. The molecule has 138 valence electrons. The molecule has 2 aromatic rings. The number of primary amides is 1. The van der Waals surface area contributed by atoms with Crippen molar-refractivity contribution >= 4 is 28.5 Å². The summed E-state index contributed by atoms with van der Waals surface area (Å²) in [5.41, 5.74) is 6.87. The number of carbonyl (C=O) groups excluding carboxylic acids is 2. The molecule has 1 aromatic carbocycles. The highest BCUT2D eigenvalue weighted by Gasteiger charge is 2.27. The van der Waals surface area contributed by atoms with E-state index in [0.29, 0.717) is 41.7 Å². The minimum absolute atomic E-state index is 0.105. The number of hydrogen-bond acceptors (Lipinski definition) is 5. The second-order valence-corrected chi connectivity index (χ2v) is 6.53. The van der Waals surface area contributed by atoms with Crippen LogP contribution < -0.4 is 10.6 Å². The van der Waals surface area contributed by atoms with Gasteiger partial charge in [0.2, 0.25) is 5.91 Å². The Bertz CT molecular complexity index is 840. The molecule has 1 atom stereocenters. The van der Waals surface area contributed by atoms with Crippen LogP contribution in [0.25, 0.3) is 10.9 Å². The number of nitrogens with two attached hydrogens (primary N) is 1. The summed E-state index contributed by atoms with van der Waals surface area (Å²) in [5, 5.41) is 0.565. The number of nitrogens with zero attached hydrogens (tertiary/aromatic N) is 2. The summed E-state index contributed by atoms with van der Waals surface area (Å²) in [6.45, 7) is 3.25. The molecule has 1 amide bonds. The maximum absolute atomic E-state index is 13.9. The Hall–Kier alpha value is -2.70. The van der Waals surface area contributed by atoms with Gasteiger partial charge in [-0.15, -0.1) is 0 Å². The van der Waals surface area contributed by atoms with Gasteiger partial charge in [-0.3, -0.25) is 9.78 Å². The molecule has 1 aliphatic heterocycles. The van der Waals surface area contributed by atoms with Crippen LogP contribution >= 0.6 is 0 Å². The average molecular weight is 359 g/mol. The lowest BCUT2D eigenvalue weighted by molar-refractivity contribution is -0.118. The van der Waals surface area contributed by atoms with Crippen LogP contribution in [0.1, 0.15) is 36.5 Å². The smallest absolute Gasteiger partial charge is 0.341 e. The van der Waals surface area contributed by atoms with E-state index < -0.39 is 11.8 Å². The van der Waals surface area contributed by atoms with Crippen molar-refractivity contribution < 1.29 is 18.7 Å². The monoisotopic (exact) mass is 359 g/mol. The number of rotatable bonds is 5. The van der Waals surface area contributed by atoms with Gasteiger partial charge in [0.05, 0.1) is 17.8 Å². The number of fused-ring (bicyclic) bond motifs is 1. The van der Waals surface area contributed by atoms with Gasteiger partial charge in [0.1, 0.15) is 11.4 Å². The molecule has 1 unspecified atom stereocenters. The molecule has 7 heteroatoms. The summed E-state index contributed by atoms with van der Waals surface area (Å²) in [7, 11) is 0. The predicted molar refractivity (Wildman–Crippen MR) is 96.4 cm³/mol. The molecule has 0 spiro atoms. The van der Waals surface area contributed by atoms with Gasteiger partial charge in [-0.05, 0) is 43.9 Å². The lowest BCUT2D eigenvalue weighted by Crippen LogP contribution is -2.38. The van der Waals surface area contributed by atoms with E-state index in [-0.39, 0.29) is 18.4 Å². The molecule has 1 fully saturated rings. The molecular weight excluding hydrogens is 337 g/mol. The Morgan fingerprint density at radius 3 is 2.96 bits per heavy atom. The lowest BCUT2D eigenvalue weighted by Gasteiger charge is -2.35. The Kier molecular flexibility index (Phi) is 5.35. The van der Waals surface area contributed by atoms with Gasteiger partial charge in [-0.2, -0.15) is 0 Å². The molecule has 0 radical (unpaired) electrons. The summed E-state index contributed by atoms with van der Waals surface area (Å²) in [6.07, 6.45) is 3.53. The Morgan fingerprint density at radius 2 is 2.23 bits per heavy atom. The van der Waals surface area contributed by atoms with E-state index >= 15 is 0 Å². The summed E-state index contributed by atoms with van der Waals surface area (Å²) >= 11 is 0. The molecule has 6 nitrogen and oxygen atoms in total. The molecule has 0 bridgehead atoms. The van der Waals surface area contributed by atoms with E-state index in [2.05, 4.69) is 4.98 Å². The largest absolute Gasteiger partial charge is 0.462 e. The summed E-state index contributed by atoms with van der Waals surface area (Å²) < 4.78 is 19.0. The Morgan fingerprint density at radius 1 is 1.42 bits per heavy atom. The fourth-order valence-corrected chi connectivity index (χ4v) is 3.57. The van der Waals surface area contributed by atoms with E-state index in [1.807, 2.05) is 4.90 Å². The molecule has 26 heavy (non-hydrogen) atoms. The molecule has 1 saturated heterocycles. The topological polar surface area (TPSA) is 85.5 Å². The number of amides is 1. The van der Waals surface area contributed by atoms with Crippen LogP contribution in [0.5, 0.6) is 0 Å². The SMILES string of the molecule is CCOC(=O)c1cnc2ccc(F)cc2c1N1CCCC(CC(N)=O)C1. The first kappa shape index (κ1) is 18.1. The first-order valence-electron chi connectivity index (χ1n) is 8.78. The molecular formula is C19H22FN3O3. The maximum Gasteiger partial charge on any atom is 0.341 e. The van der Waals surface area contributed by atoms with Crippen LogP contribution in [-0.2, 0) is 9.53 Å². The molecule has 1 aliphatic rings. The fraction of sp³-hybridized carbons (Fsp3) is 0.421. The van der Waals surface area contributed by atoms with Crippen molar-refractivity contribution in [1.82, 2.24) is 4.98 Å². The zero-order valence-corrected chi connectivity index (χ0v) is 14.7. The molecule has 2 heterocycles. The number of ether oxygens (including phenoxy) is 1. The highest BCUT2D eigenvalue weighted by Crippen LogP contribution is 2.34. The van der Waals surface area contributed by atoms with Gasteiger partial charge in [0.15, 0.2) is 0 Å². The van der Waals surface area contributed by atoms with Crippen LogP contribution in [0.4, 0.5) is 10.1 Å². The number of esters is 1. The van der Waals surface area contributed by atoms with E-state index in [0.717, 1.165) is 12.8 Å². The van der Waals surface area contributed by atoms with E-state index in [1.54, 1.807) is 13.0 Å². The molecule has 0 saturated carbocycles. The summed E-state index contributed by atoms with van der Waals surface area (Å²) in [5.74, 6) is -1.12. The molecule has 1 aromatic heterocycles. The number of benzene rings is 1. The number of piperidine rings is 1. The van der Waals surface area contributed by atoms with Crippen LogP contribution in [0, 0.1) is 11.7 Å². The van der Waals surface area contributed by atoms with E-state index in [4.69, 9.17) is 10.5 Å². The number of aromatic nitrogens is 1. The van der Waals surface area contributed by atoms with E-state index in [9.17, 15) is 14.0 Å². The molecule has 3 rings (SSSR count). The lowest BCUT2D eigenvalue weighted by atomic mass is 9.93. The minimum atomic E-state index is -0.488. The summed E-state index contributed by atoms with van der Waals surface area (Å²) in [4.78, 5) is 30.0. The normalized spacial score (nSPS) is 17.3. The van der Waals surface area contributed by atoms with Gasteiger partial charge in [-0.1, -0.05) is 0 Å². The third-order valence-electron chi connectivity index (χ3n) is 4.62. The van der Waals surface area contributed by atoms with E-state index in [1.165, 1.54) is 18.3 Å². The second-order valence-electron chi connectivity index (χ2n) is 6.53. The van der Waals surface area contributed by atoms with Crippen molar-refractivity contribution in [2.45, 2.75) is 26.2 Å². The quantitative estimate of drug-likeness (QED) is 0.830. The van der Waals surface area contributed by atoms with Crippen LogP contribution in [0.3, 0.4) is 0 Å². The van der Waals surface area contributed by atoms with Gasteiger partial charge < -0.3 is 15.4 Å². The number of carbonyl (C=O) groups is 2. The standard InChI is InChI=1S/C19H22FN3O3/c1-2-26-19(25)15-10-22-16-6-5-13(20)9-14(16)18(15)23-7-3-4-12(11-23)8-17(21)24/h5-6,9-10,12H,2-4,7-8,11H2,1H3,(H2,21,24). The van der Waals surface area contributed by atoms with Crippen molar-refractivity contribution in [3.63, 3.8) is 0 Å². The first-order valence-corrected chi connectivity index (χ1v) is 8.78. The highest BCUT2D eigenvalue weighted by molar-refractivity contribution is 6.05. The first-order chi connectivity index (χ1) is 12.5. The zero-order valence-electron chi connectivity index (χ0n) is 14.7. The number of anilines is 1. The van der Waals surface area contributed by atoms with Gasteiger partial charge in [0, 0.05) is 31.1 Å². The van der Waals surface area contributed by atoms with Crippen molar-refractivity contribution in [1.29, 1.82) is 0 Å². The number of hydrogen-bond donors (Lipinski definition) is 1. The fourth-order valence-electron chi connectivity index (χ4n) is 3.57. The van der Waals surface area contributed by atoms with Crippen molar-refractivity contribution in [3.05, 3.63) is 35.8 Å². The molecule has 0 aliphatic carbocycles. The predicted octanol–water partition coefficient (Wildman–Crippen LogP) is 2.64. The highest BCUT2D eigenvalue weighted by atomic mass is 19.1. The molecule has 2 N–H and O–H groups in total. The van der Waals surface area contributed by atoms with Gasteiger partial charge >= 0.3 is 5.97 Å². The van der Waals surface area contributed by atoms with Crippen LogP contribution in [0.15, 0.2) is 24.4 Å². The van der Waals surface area contributed by atoms with Crippen molar-refractivity contribution in [3.8, 4) is 0 Å². The number of pyridine rings is 1. The third kappa shape index (κ3) is 3.76. The summed E-state index contributed by atoms with van der Waals surface area (Å²) in [6, 6.07) is 4.32. The minimum Gasteiger partial charge on any atom is -0.462 e. The maximum atomic E-state index is 13.9. The van der Waals surface area contributed by atoms with Crippen LogP contribution in [-0.4, -0.2) is 36.6 Å². The van der Waals surface area contributed by atoms with Crippen LogP contribution in [0.2, 0.25) is 0 Å². The Labute approximate surface area is 151 Å².